The van der Waals surface area contributed by atoms with E-state index in [4.69, 9.17) is 4.42 Å². The molecule has 5 rings (SSSR count). The fourth-order valence-electron chi connectivity index (χ4n) is 4.66. The number of nitrogens with one attached hydrogen (secondary N) is 1. The monoisotopic (exact) mass is 442 g/mol. The molecule has 5 heteroatoms. The number of hydrogen-bond donors (Lipinski definition) is 1. The highest BCUT2D eigenvalue weighted by atomic mass is 19.1. The van der Waals surface area contributed by atoms with Gasteiger partial charge in [-0.05, 0) is 74.8 Å². The van der Waals surface area contributed by atoms with E-state index in [-0.39, 0.29) is 17.8 Å². The lowest BCUT2D eigenvalue weighted by molar-refractivity contribution is 0.102. The van der Waals surface area contributed by atoms with Gasteiger partial charge in [-0.1, -0.05) is 48.4 Å². The lowest BCUT2D eigenvalue weighted by atomic mass is 9.98. The minimum absolute atomic E-state index is 0.195. The van der Waals surface area contributed by atoms with Crippen LogP contribution in [0.2, 0.25) is 0 Å². The second kappa shape index (κ2) is 9.20. The number of piperidine rings is 1. The van der Waals surface area contributed by atoms with Crippen molar-refractivity contribution in [2.45, 2.75) is 32.2 Å². The summed E-state index contributed by atoms with van der Waals surface area (Å²) in [6.45, 7) is 3.78. The van der Waals surface area contributed by atoms with Gasteiger partial charge in [-0.2, -0.15) is 0 Å². The summed E-state index contributed by atoms with van der Waals surface area (Å²) < 4.78 is 20.6. The maximum atomic E-state index is 14.3. The highest BCUT2D eigenvalue weighted by Gasteiger charge is 2.31. The van der Waals surface area contributed by atoms with Crippen LogP contribution in [0.4, 0.5) is 10.1 Å². The van der Waals surface area contributed by atoms with Gasteiger partial charge in [-0.15, -0.1) is 0 Å². The Kier molecular flexibility index (Phi) is 5.97. The number of aryl methyl sites for hydroxylation is 1. The normalized spacial score (nSPS) is 15.5. The molecule has 1 fully saturated rings. The predicted molar refractivity (Wildman–Crippen MR) is 129 cm³/mol. The molecule has 4 nitrogen and oxygen atoms in total. The Morgan fingerprint density at radius 3 is 2.48 bits per heavy atom. The summed E-state index contributed by atoms with van der Waals surface area (Å²) in [6, 6.07) is 21.6. The summed E-state index contributed by atoms with van der Waals surface area (Å²) in [5, 5.41) is 3.96. The molecule has 0 spiro atoms. The number of anilines is 1. The molecule has 0 radical (unpaired) electrons. The zero-order valence-corrected chi connectivity index (χ0v) is 18.7. The molecule has 1 aromatic heterocycles. The van der Waals surface area contributed by atoms with Gasteiger partial charge in [0, 0.05) is 10.9 Å². The Balaban J connectivity index is 1.63. The van der Waals surface area contributed by atoms with Crippen molar-refractivity contribution in [3.63, 3.8) is 0 Å². The predicted octanol–water partition coefficient (Wildman–Crippen LogP) is 6.71. The van der Waals surface area contributed by atoms with Crippen LogP contribution in [0.25, 0.3) is 11.0 Å². The molecule has 33 heavy (non-hydrogen) atoms. The topological polar surface area (TPSA) is 45.5 Å². The SMILES string of the molecule is Cc1ccc(C(=O)Nc2c(C(c3cccc(F)c3)N3CCCCC3)oc3ccccc23)cc1. The number of para-hydroxylation sites is 1. The van der Waals surface area contributed by atoms with Crippen LogP contribution in [0.5, 0.6) is 0 Å². The summed E-state index contributed by atoms with van der Waals surface area (Å²) in [7, 11) is 0. The zero-order valence-electron chi connectivity index (χ0n) is 18.7. The second-order valence-electron chi connectivity index (χ2n) is 8.71. The van der Waals surface area contributed by atoms with Crippen LogP contribution in [0.1, 0.15) is 52.5 Å². The van der Waals surface area contributed by atoms with E-state index >= 15 is 0 Å². The molecule has 2 heterocycles. The third-order valence-electron chi connectivity index (χ3n) is 6.34. The maximum absolute atomic E-state index is 14.3. The van der Waals surface area contributed by atoms with Gasteiger partial charge in [-0.3, -0.25) is 9.69 Å². The van der Waals surface area contributed by atoms with Crippen LogP contribution in [0.3, 0.4) is 0 Å². The van der Waals surface area contributed by atoms with Crippen molar-refractivity contribution in [1.29, 1.82) is 0 Å². The molecule has 1 unspecified atom stereocenters. The van der Waals surface area contributed by atoms with E-state index in [1.54, 1.807) is 12.1 Å². The first-order valence-corrected chi connectivity index (χ1v) is 11.5. The molecule has 1 aliphatic heterocycles. The number of hydrogen-bond acceptors (Lipinski definition) is 3. The Bertz CT molecular complexity index is 1270. The summed E-state index contributed by atoms with van der Waals surface area (Å²) in [5.41, 5.74) is 3.84. The van der Waals surface area contributed by atoms with E-state index in [0.29, 0.717) is 22.6 Å². The first-order valence-electron chi connectivity index (χ1n) is 11.5. The van der Waals surface area contributed by atoms with Gasteiger partial charge < -0.3 is 9.73 Å². The summed E-state index contributed by atoms with van der Waals surface area (Å²) in [6.07, 6.45) is 3.34. The number of amides is 1. The second-order valence-corrected chi connectivity index (χ2v) is 8.71. The number of rotatable bonds is 5. The number of carbonyl (C=O) groups excluding carboxylic acids is 1. The summed E-state index contributed by atoms with van der Waals surface area (Å²) >= 11 is 0. The first kappa shape index (κ1) is 21.4. The van der Waals surface area contributed by atoms with E-state index < -0.39 is 0 Å². The molecular weight excluding hydrogens is 415 g/mol. The number of carbonyl (C=O) groups is 1. The zero-order chi connectivity index (χ0) is 22.8. The van der Waals surface area contributed by atoms with Crippen molar-refractivity contribution >= 4 is 22.6 Å². The summed E-state index contributed by atoms with van der Waals surface area (Å²) in [5.74, 6) is 0.166. The lowest BCUT2D eigenvalue weighted by Crippen LogP contribution is -2.34. The van der Waals surface area contributed by atoms with Crippen molar-refractivity contribution in [1.82, 2.24) is 4.90 Å². The fraction of sp³-hybridized carbons (Fsp3) is 0.250. The van der Waals surface area contributed by atoms with Crippen LogP contribution < -0.4 is 5.32 Å². The minimum atomic E-state index is -0.290. The Morgan fingerprint density at radius 2 is 1.73 bits per heavy atom. The first-order chi connectivity index (χ1) is 16.1. The molecule has 0 aliphatic carbocycles. The molecule has 1 saturated heterocycles. The number of likely N-dealkylation sites (tertiary alicyclic amines) is 1. The van der Waals surface area contributed by atoms with Gasteiger partial charge in [0.25, 0.3) is 5.91 Å². The molecular formula is C28H27FN2O2. The largest absolute Gasteiger partial charge is 0.457 e. The Hall–Kier alpha value is -3.44. The summed E-state index contributed by atoms with van der Waals surface area (Å²) in [4.78, 5) is 15.5. The van der Waals surface area contributed by atoms with Crippen molar-refractivity contribution in [2.75, 3.05) is 18.4 Å². The number of fused-ring (bicyclic) bond motifs is 1. The highest BCUT2D eigenvalue weighted by molar-refractivity contribution is 6.09. The molecule has 0 saturated carbocycles. The molecule has 168 valence electrons. The van der Waals surface area contributed by atoms with Gasteiger partial charge in [0.2, 0.25) is 0 Å². The number of nitrogens with zero attached hydrogens (tertiary/aromatic N) is 1. The van der Waals surface area contributed by atoms with Gasteiger partial charge in [0.05, 0.1) is 11.7 Å². The van der Waals surface area contributed by atoms with Gasteiger partial charge in [-0.25, -0.2) is 4.39 Å². The third kappa shape index (κ3) is 4.41. The van der Waals surface area contributed by atoms with Crippen LogP contribution >= 0.6 is 0 Å². The standard InChI is InChI=1S/C28H27FN2O2/c1-19-12-14-20(15-13-19)28(32)30-25-23-10-3-4-11-24(23)33-27(25)26(31-16-5-2-6-17-31)21-8-7-9-22(29)18-21/h3-4,7-15,18,26H,2,5-6,16-17H2,1H3,(H,30,32). The molecule has 4 aromatic rings. The van der Waals surface area contributed by atoms with Crippen molar-refractivity contribution in [3.05, 3.63) is 101 Å². The molecule has 1 atom stereocenters. The van der Waals surface area contributed by atoms with Crippen LogP contribution in [0.15, 0.2) is 77.2 Å². The minimum Gasteiger partial charge on any atom is -0.457 e. The van der Waals surface area contributed by atoms with E-state index in [1.807, 2.05) is 61.5 Å². The van der Waals surface area contributed by atoms with Crippen molar-refractivity contribution in [3.8, 4) is 0 Å². The number of halogens is 1. The smallest absolute Gasteiger partial charge is 0.255 e. The molecule has 3 aromatic carbocycles. The van der Waals surface area contributed by atoms with Crippen molar-refractivity contribution < 1.29 is 13.6 Å². The van der Waals surface area contributed by atoms with E-state index in [9.17, 15) is 9.18 Å². The van der Waals surface area contributed by atoms with Crippen LogP contribution in [-0.4, -0.2) is 23.9 Å². The van der Waals surface area contributed by atoms with E-state index in [1.165, 1.54) is 12.5 Å². The van der Waals surface area contributed by atoms with Gasteiger partial charge in [0.1, 0.15) is 17.2 Å². The van der Waals surface area contributed by atoms with E-state index in [2.05, 4.69) is 10.2 Å². The average molecular weight is 443 g/mol. The Morgan fingerprint density at radius 1 is 0.970 bits per heavy atom. The van der Waals surface area contributed by atoms with Crippen LogP contribution in [0, 0.1) is 12.7 Å². The number of benzene rings is 3. The Labute approximate surface area is 193 Å². The lowest BCUT2D eigenvalue weighted by Gasteiger charge is -2.34. The number of furan rings is 1. The van der Waals surface area contributed by atoms with Crippen LogP contribution in [-0.2, 0) is 0 Å². The third-order valence-corrected chi connectivity index (χ3v) is 6.34. The molecule has 1 aliphatic rings. The maximum Gasteiger partial charge on any atom is 0.255 e. The average Bonchev–Trinajstić information content (AvgIpc) is 3.18. The molecule has 1 N–H and O–H groups in total. The molecule has 0 bridgehead atoms. The van der Waals surface area contributed by atoms with Gasteiger partial charge in [0.15, 0.2) is 0 Å². The highest BCUT2D eigenvalue weighted by Crippen LogP contribution is 2.41. The van der Waals surface area contributed by atoms with E-state index in [0.717, 1.165) is 42.4 Å². The molecule has 1 amide bonds. The van der Waals surface area contributed by atoms with Crippen molar-refractivity contribution in [2.24, 2.45) is 0 Å². The fourth-order valence-corrected chi connectivity index (χ4v) is 4.66. The quantitative estimate of drug-likeness (QED) is 0.374. The van der Waals surface area contributed by atoms with Gasteiger partial charge >= 0.3 is 0 Å².